The lowest BCUT2D eigenvalue weighted by molar-refractivity contribution is -0.145. The number of aliphatic hydroxyl groups is 1. The fourth-order valence-electron chi connectivity index (χ4n) is 6.87. The van der Waals surface area contributed by atoms with E-state index in [1.165, 1.54) is 16.7 Å². The van der Waals surface area contributed by atoms with Crippen molar-refractivity contribution in [3.8, 4) is 11.5 Å². The maximum absolute atomic E-state index is 13.0. The molecule has 1 N–H and O–H groups in total. The van der Waals surface area contributed by atoms with E-state index in [1.807, 2.05) is 13.8 Å². The summed E-state index contributed by atoms with van der Waals surface area (Å²) in [6, 6.07) is 4.22. The second-order valence-electron chi connectivity index (χ2n) is 10.7. The van der Waals surface area contributed by atoms with Crippen LogP contribution in [0.4, 0.5) is 0 Å². The molecule has 0 radical (unpaired) electrons. The lowest BCUT2D eigenvalue weighted by Gasteiger charge is -2.52. The number of carbonyl (C=O) groups excluding carboxylic acids is 1. The third kappa shape index (κ3) is 3.83. The molecule has 1 aromatic carbocycles. The van der Waals surface area contributed by atoms with Crippen LogP contribution in [0.3, 0.4) is 0 Å². The summed E-state index contributed by atoms with van der Waals surface area (Å²) in [5.74, 6) is 1.42. The molecule has 2 heterocycles. The fourth-order valence-corrected chi connectivity index (χ4v) is 6.87. The Bertz CT molecular complexity index is 974. The molecule has 1 saturated heterocycles. The Labute approximate surface area is 203 Å². The normalized spacial score (nSPS) is 35.0. The Morgan fingerprint density at radius 1 is 1.18 bits per heavy atom. The van der Waals surface area contributed by atoms with Gasteiger partial charge in [-0.25, -0.2) is 0 Å². The number of nitrogens with zero attached hydrogens (tertiary/aromatic N) is 1. The predicted octanol–water partition coefficient (Wildman–Crippen LogP) is 4.13. The molecule has 186 valence electrons. The standard InChI is InChI=1S/C28H39NO5/c1-5-32-22-12-18-10-11-29(15-19(18)13-23(22)33-6-2)16-21-25-24(34-27(21)31)14-20-9-7-8-17(3)28(20,4)26(25)30/h9,12-13,17,21,24-26,30H,5-8,10-11,14-16H2,1-4H3. The highest BCUT2D eigenvalue weighted by Crippen LogP contribution is 2.56. The number of rotatable bonds is 6. The second kappa shape index (κ2) is 9.19. The molecule has 2 aliphatic heterocycles. The van der Waals surface area contributed by atoms with Gasteiger partial charge < -0.3 is 19.3 Å². The zero-order valence-corrected chi connectivity index (χ0v) is 21.0. The average Bonchev–Trinajstić information content (AvgIpc) is 3.11. The molecule has 5 rings (SSSR count). The molecule has 6 atom stereocenters. The summed E-state index contributed by atoms with van der Waals surface area (Å²) in [5.41, 5.74) is 3.53. The van der Waals surface area contributed by atoms with Gasteiger partial charge in [0.1, 0.15) is 6.10 Å². The van der Waals surface area contributed by atoms with Crippen LogP contribution in [-0.4, -0.2) is 54.5 Å². The van der Waals surface area contributed by atoms with Gasteiger partial charge in [0, 0.05) is 37.4 Å². The number of ether oxygens (including phenoxy) is 3. The van der Waals surface area contributed by atoms with Crippen molar-refractivity contribution in [2.45, 2.75) is 72.1 Å². The summed E-state index contributed by atoms with van der Waals surface area (Å²) in [4.78, 5) is 15.4. The Morgan fingerprint density at radius 2 is 1.88 bits per heavy atom. The monoisotopic (exact) mass is 469 g/mol. The van der Waals surface area contributed by atoms with Crippen molar-refractivity contribution < 1.29 is 24.1 Å². The van der Waals surface area contributed by atoms with E-state index < -0.39 is 6.10 Å². The number of esters is 1. The van der Waals surface area contributed by atoms with E-state index in [0.717, 1.165) is 50.3 Å². The van der Waals surface area contributed by atoms with Gasteiger partial charge in [-0.05, 0) is 62.3 Å². The fraction of sp³-hybridized carbons (Fsp3) is 0.679. The van der Waals surface area contributed by atoms with Gasteiger partial charge in [-0.1, -0.05) is 25.5 Å². The van der Waals surface area contributed by atoms with Crippen molar-refractivity contribution in [1.29, 1.82) is 0 Å². The molecule has 1 aromatic rings. The highest BCUT2D eigenvalue weighted by atomic mass is 16.6. The van der Waals surface area contributed by atoms with E-state index in [4.69, 9.17) is 14.2 Å². The Hall–Kier alpha value is -2.05. The van der Waals surface area contributed by atoms with Gasteiger partial charge in [0.2, 0.25) is 0 Å². The molecule has 0 amide bonds. The van der Waals surface area contributed by atoms with E-state index >= 15 is 0 Å². The first-order valence-corrected chi connectivity index (χ1v) is 13.1. The lowest BCUT2D eigenvalue weighted by atomic mass is 9.55. The molecule has 2 aliphatic carbocycles. The summed E-state index contributed by atoms with van der Waals surface area (Å²) in [7, 11) is 0. The van der Waals surface area contributed by atoms with E-state index in [1.54, 1.807) is 0 Å². The highest BCUT2D eigenvalue weighted by molar-refractivity contribution is 5.76. The van der Waals surface area contributed by atoms with Crippen LogP contribution in [-0.2, 0) is 22.5 Å². The highest BCUT2D eigenvalue weighted by Gasteiger charge is 2.59. The van der Waals surface area contributed by atoms with Crippen molar-refractivity contribution in [3.05, 3.63) is 34.9 Å². The molecule has 6 nitrogen and oxygen atoms in total. The van der Waals surface area contributed by atoms with Gasteiger partial charge in [-0.3, -0.25) is 9.69 Å². The molecule has 2 fully saturated rings. The quantitative estimate of drug-likeness (QED) is 0.499. The van der Waals surface area contributed by atoms with Crippen molar-refractivity contribution in [3.63, 3.8) is 0 Å². The SMILES string of the molecule is CCOc1cc2c(cc1OCC)CN(CC1C(=O)OC3CC4=CCCC(C)C4(C)C(O)C31)CC2. The van der Waals surface area contributed by atoms with Crippen LogP contribution in [0.25, 0.3) is 0 Å². The molecule has 0 spiro atoms. The van der Waals surface area contributed by atoms with Crippen LogP contribution in [0.5, 0.6) is 11.5 Å². The molecule has 0 bridgehead atoms. The van der Waals surface area contributed by atoms with Crippen LogP contribution in [0.15, 0.2) is 23.8 Å². The first-order valence-electron chi connectivity index (χ1n) is 13.1. The molecule has 6 unspecified atom stereocenters. The number of aliphatic hydroxyl groups excluding tert-OH is 1. The Balaban J connectivity index is 1.35. The van der Waals surface area contributed by atoms with Gasteiger partial charge in [0.05, 0.1) is 25.2 Å². The molecule has 0 aromatic heterocycles. The Morgan fingerprint density at radius 3 is 2.59 bits per heavy atom. The first kappa shape index (κ1) is 23.7. The number of carbonyl (C=O) groups is 1. The molecular formula is C28H39NO5. The number of benzene rings is 1. The van der Waals surface area contributed by atoms with E-state index in [2.05, 4.69) is 37.0 Å². The Kier molecular flexibility index (Phi) is 6.40. The van der Waals surface area contributed by atoms with Gasteiger partial charge in [-0.2, -0.15) is 0 Å². The minimum atomic E-state index is -0.556. The van der Waals surface area contributed by atoms with Crippen LogP contribution in [0, 0.1) is 23.2 Å². The number of allylic oxidation sites excluding steroid dienone is 1. The molecule has 6 heteroatoms. The minimum absolute atomic E-state index is 0.142. The van der Waals surface area contributed by atoms with Crippen LogP contribution >= 0.6 is 0 Å². The van der Waals surface area contributed by atoms with E-state index in [9.17, 15) is 9.90 Å². The zero-order chi connectivity index (χ0) is 24.0. The summed E-state index contributed by atoms with van der Waals surface area (Å²) in [5, 5.41) is 11.6. The first-order chi connectivity index (χ1) is 16.4. The molecular weight excluding hydrogens is 430 g/mol. The maximum atomic E-state index is 13.0. The third-order valence-electron chi connectivity index (χ3n) is 8.98. The minimum Gasteiger partial charge on any atom is -0.490 e. The number of fused-ring (bicyclic) bond motifs is 3. The van der Waals surface area contributed by atoms with E-state index in [0.29, 0.717) is 25.7 Å². The largest absolute Gasteiger partial charge is 0.490 e. The van der Waals surface area contributed by atoms with Gasteiger partial charge >= 0.3 is 5.97 Å². The van der Waals surface area contributed by atoms with E-state index in [-0.39, 0.29) is 29.3 Å². The second-order valence-corrected chi connectivity index (χ2v) is 10.7. The lowest BCUT2D eigenvalue weighted by Crippen LogP contribution is -2.54. The average molecular weight is 470 g/mol. The van der Waals surface area contributed by atoms with Crippen molar-refractivity contribution >= 4 is 5.97 Å². The predicted molar refractivity (Wildman–Crippen MR) is 130 cm³/mol. The molecule has 4 aliphatic rings. The van der Waals surface area contributed by atoms with Gasteiger partial charge in [-0.15, -0.1) is 0 Å². The van der Waals surface area contributed by atoms with Gasteiger partial charge in [0.15, 0.2) is 11.5 Å². The topological polar surface area (TPSA) is 68.2 Å². The maximum Gasteiger partial charge on any atom is 0.311 e. The third-order valence-corrected chi connectivity index (χ3v) is 8.98. The number of hydrogen-bond acceptors (Lipinski definition) is 6. The number of hydrogen-bond donors (Lipinski definition) is 1. The van der Waals surface area contributed by atoms with Crippen molar-refractivity contribution in [1.82, 2.24) is 4.90 Å². The van der Waals surface area contributed by atoms with Gasteiger partial charge in [0.25, 0.3) is 0 Å². The summed E-state index contributed by atoms with van der Waals surface area (Å²) >= 11 is 0. The zero-order valence-electron chi connectivity index (χ0n) is 21.0. The van der Waals surface area contributed by atoms with Crippen LogP contribution in [0.1, 0.15) is 58.1 Å². The summed E-state index contributed by atoms with van der Waals surface area (Å²) in [6.45, 7) is 11.9. The summed E-state index contributed by atoms with van der Waals surface area (Å²) in [6.07, 6.45) is 5.34. The van der Waals surface area contributed by atoms with Crippen molar-refractivity contribution in [2.24, 2.45) is 23.2 Å². The molecule has 34 heavy (non-hydrogen) atoms. The van der Waals surface area contributed by atoms with Crippen molar-refractivity contribution in [2.75, 3.05) is 26.3 Å². The smallest absolute Gasteiger partial charge is 0.311 e. The molecule has 1 saturated carbocycles. The van der Waals surface area contributed by atoms with Crippen LogP contribution in [0.2, 0.25) is 0 Å². The summed E-state index contributed by atoms with van der Waals surface area (Å²) < 4.78 is 17.5. The van der Waals surface area contributed by atoms with Crippen LogP contribution < -0.4 is 9.47 Å².